The first-order chi connectivity index (χ1) is 7.38. The van der Waals surface area contributed by atoms with E-state index in [2.05, 4.69) is 11.8 Å². The Bertz CT molecular complexity index is 253. The summed E-state index contributed by atoms with van der Waals surface area (Å²) in [6.07, 6.45) is 2.35. The summed E-state index contributed by atoms with van der Waals surface area (Å²) in [5, 5.41) is 9.14. The minimum atomic E-state index is -0.735. The number of carboxylic acid groups (broad SMARTS) is 1. The Morgan fingerprint density at radius 3 is 2.69 bits per heavy atom. The van der Waals surface area contributed by atoms with Crippen molar-refractivity contribution in [3.63, 3.8) is 0 Å². The van der Waals surface area contributed by atoms with Crippen molar-refractivity contribution in [1.29, 1.82) is 0 Å². The molecule has 0 bridgehead atoms. The van der Waals surface area contributed by atoms with E-state index in [1.165, 1.54) is 6.42 Å². The van der Waals surface area contributed by atoms with Crippen LogP contribution in [-0.2, 0) is 4.79 Å². The van der Waals surface area contributed by atoms with Gasteiger partial charge >= 0.3 is 5.97 Å². The molecule has 16 heavy (non-hydrogen) atoms. The van der Waals surface area contributed by atoms with Gasteiger partial charge in [-0.1, -0.05) is 6.92 Å². The molecule has 0 spiro atoms. The zero-order valence-electron chi connectivity index (χ0n) is 10.6. The summed E-state index contributed by atoms with van der Waals surface area (Å²) in [6.45, 7) is 7.95. The van der Waals surface area contributed by atoms with Crippen LogP contribution in [0.15, 0.2) is 0 Å². The van der Waals surface area contributed by atoms with E-state index in [-0.39, 0.29) is 0 Å². The predicted octanol–water partition coefficient (Wildman–Crippen LogP) is 1.16. The number of nitrogens with two attached hydrogens (primary N) is 1. The molecule has 2 unspecified atom stereocenters. The van der Waals surface area contributed by atoms with Gasteiger partial charge in [-0.15, -0.1) is 0 Å². The summed E-state index contributed by atoms with van der Waals surface area (Å²) in [4.78, 5) is 13.4. The zero-order chi connectivity index (χ0) is 12.3. The SMILES string of the molecule is CC1CCCN(CC(C)(C)C(=O)O)C1CN. The van der Waals surface area contributed by atoms with E-state index < -0.39 is 11.4 Å². The fourth-order valence-corrected chi connectivity index (χ4v) is 2.49. The van der Waals surface area contributed by atoms with Crippen molar-refractivity contribution in [2.75, 3.05) is 19.6 Å². The van der Waals surface area contributed by atoms with Crippen molar-refractivity contribution >= 4 is 5.97 Å². The lowest BCUT2D eigenvalue weighted by molar-refractivity contribution is -0.148. The molecule has 0 aromatic carbocycles. The van der Waals surface area contributed by atoms with Crippen LogP contribution in [0.1, 0.15) is 33.6 Å². The van der Waals surface area contributed by atoms with Gasteiger partial charge in [-0.25, -0.2) is 0 Å². The maximum absolute atomic E-state index is 11.1. The van der Waals surface area contributed by atoms with Gasteiger partial charge in [-0.2, -0.15) is 0 Å². The first kappa shape index (κ1) is 13.5. The Labute approximate surface area is 97.8 Å². The number of nitrogens with zero attached hydrogens (tertiary/aromatic N) is 1. The van der Waals surface area contributed by atoms with Crippen LogP contribution in [0.3, 0.4) is 0 Å². The number of aliphatic carboxylic acids is 1. The van der Waals surface area contributed by atoms with Crippen LogP contribution in [0.4, 0.5) is 0 Å². The minimum Gasteiger partial charge on any atom is -0.481 e. The van der Waals surface area contributed by atoms with Crippen molar-refractivity contribution in [2.45, 2.75) is 39.7 Å². The van der Waals surface area contributed by atoms with Crippen LogP contribution in [0.2, 0.25) is 0 Å². The van der Waals surface area contributed by atoms with Crippen molar-refractivity contribution in [1.82, 2.24) is 4.90 Å². The molecule has 0 aromatic heterocycles. The lowest BCUT2D eigenvalue weighted by atomic mass is 9.86. The van der Waals surface area contributed by atoms with Crippen molar-refractivity contribution in [3.8, 4) is 0 Å². The molecule has 0 amide bonds. The second-order valence-corrected chi connectivity index (χ2v) is 5.58. The second-order valence-electron chi connectivity index (χ2n) is 5.58. The maximum atomic E-state index is 11.1. The first-order valence-corrected chi connectivity index (χ1v) is 6.06. The van der Waals surface area contributed by atoms with Crippen LogP contribution < -0.4 is 5.73 Å². The molecule has 0 aromatic rings. The lowest BCUT2D eigenvalue weighted by Gasteiger charge is -2.42. The van der Waals surface area contributed by atoms with E-state index >= 15 is 0 Å². The Morgan fingerprint density at radius 2 is 2.19 bits per heavy atom. The molecule has 2 atom stereocenters. The smallest absolute Gasteiger partial charge is 0.310 e. The van der Waals surface area contributed by atoms with E-state index in [0.29, 0.717) is 25.0 Å². The molecule has 1 fully saturated rings. The highest BCUT2D eigenvalue weighted by Crippen LogP contribution is 2.26. The van der Waals surface area contributed by atoms with E-state index in [4.69, 9.17) is 10.8 Å². The minimum absolute atomic E-state index is 0.340. The van der Waals surface area contributed by atoms with E-state index in [1.54, 1.807) is 13.8 Å². The number of hydrogen-bond donors (Lipinski definition) is 2. The largest absolute Gasteiger partial charge is 0.481 e. The zero-order valence-corrected chi connectivity index (χ0v) is 10.6. The van der Waals surface area contributed by atoms with Gasteiger partial charge in [0.1, 0.15) is 0 Å². The van der Waals surface area contributed by atoms with Crippen LogP contribution in [0, 0.1) is 11.3 Å². The summed E-state index contributed by atoms with van der Waals surface area (Å²) in [6, 6.07) is 0.340. The molecule has 4 heteroatoms. The molecule has 1 aliphatic rings. The molecule has 0 aliphatic carbocycles. The number of carbonyl (C=O) groups is 1. The quantitative estimate of drug-likeness (QED) is 0.757. The highest BCUT2D eigenvalue weighted by Gasteiger charge is 2.35. The van der Waals surface area contributed by atoms with Gasteiger partial charge in [0.15, 0.2) is 0 Å². The molecular formula is C12H24N2O2. The fraction of sp³-hybridized carbons (Fsp3) is 0.917. The average Bonchev–Trinajstić information content (AvgIpc) is 2.17. The lowest BCUT2D eigenvalue weighted by Crippen LogP contribution is -2.52. The van der Waals surface area contributed by atoms with E-state index in [9.17, 15) is 4.79 Å². The molecule has 3 N–H and O–H groups in total. The highest BCUT2D eigenvalue weighted by molar-refractivity contribution is 5.73. The van der Waals surface area contributed by atoms with Gasteiger partial charge in [-0.3, -0.25) is 9.69 Å². The molecule has 4 nitrogen and oxygen atoms in total. The Morgan fingerprint density at radius 1 is 1.56 bits per heavy atom. The third-order valence-electron chi connectivity index (χ3n) is 3.65. The van der Waals surface area contributed by atoms with Crippen molar-refractivity contribution in [2.24, 2.45) is 17.1 Å². The normalized spacial score (nSPS) is 28.0. The topological polar surface area (TPSA) is 66.6 Å². The van der Waals surface area contributed by atoms with Crippen LogP contribution >= 0.6 is 0 Å². The van der Waals surface area contributed by atoms with Crippen molar-refractivity contribution < 1.29 is 9.90 Å². The van der Waals surface area contributed by atoms with Gasteiger partial charge in [-0.05, 0) is 39.2 Å². The third kappa shape index (κ3) is 2.95. The van der Waals surface area contributed by atoms with Crippen LogP contribution in [0.5, 0.6) is 0 Å². The van der Waals surface area contributed by atoms with Crippen LogP contribution in [-0.4, -0.2) is 41.7 Å². The standard InChI is InChI=1S/C12H24N2O2/c1-9-5-4-6-14(10(9)7-13)8-12(2,3)11(15)16/h9-10H,4-8,13H2,1-3H3,(H,15,16). The Balaban J connectivity index is 2.67. The third-order valence-corrected chi connectivity index (χ3v) is 3.65. The van der Waals surface area contributed by atoms with Gasteiger partial charge in [0, 0.05) is 19.1 Å². The van der Waals surface area contributed by atoms with E-state index in [1.807, 2.05) is 0 Å². The summed E-state index contributed by atoms with van der Waals surface area (Å²) < 4.78 is 0. The van der Waals surface area contributed by atoms with E-state index in [0.717, 1.165) is 13.0 Å². The van der Waals surface area contributed by atoms with Crippen molar-refractivity contribution in [3.05, 3.63) is 0 Å². The number of piperidine rings is 1. The van der Waals surface area contributed by atoms with Gasteiger partial charge in [0.25, 0.3) is 0 Å². The number of hydrogen-bond acceptors (Lipinski definition) is 3. The number of carboxylic acids is 1. The average molecular weight is 228 g/mol. The highest BCUT2D eigenvalue weighted by atomic mass is 16.4. The summed E-state index contributed by atoms with van der Waals surface area (Å²) in [5.41, 5.74) is 5.10. The molecule has 1 heterocycles. The molecule has 0 saturated carbocycles. The maximum Gasteiger partial charge on any atom is 0.310 e. The Kier molecular flexibility index (Phi) is 4.33. The number of rotatable bonds is 4. The first-order valence-electron chi connectivity index (χ1n) is 6.06. The van der Waals surface area contributed by atoms with Crippen LogP contribution in [0.25, 0.3) is 0 Å². The summed E-state index contributed by atoms with van der Waals surface area (Å²) in [5.74, 6) is -0.162. The Hall–Kier alpha value is -0.610. The predicted molar refractivity (Wildman–Crippen MR) is 64.2 cm³/mol. The monoisotopic (exact) mass is 228 g/mol. The number of likely N-dealkylation sites (tertiary alicyclic amines) is 1. The summed E-state index contributed by atoms with van der Waals surface area (Å²) >= 11 is 0. The summed E-state index contributed by atoms with van der Waals surface area (Å²) in [7, 11) is 0. The molecule has 1 aliphatic heterocycles. The van der Waals surface area contributed by atoms with Gasteiger partial charge in [0.05, 0.1) is 5.41 Å². The fourth-order valence-electron chi connectivity index (χ4n) is 2.49. The van der Waals surface area contributed by atoms with Gasteiger partial charge < -0.3 is 10.8 Å². The molecule has 94 valence electrons. The second kappa shape index (κ2) is 5.15. The van der Waals surface area contributed by atoms with Gasteiger partial charge in [0.2, 0.25) is 0 Å². The molecule has 1 rings (SSSR count). The molecular weight excluding hydrogens is 204 g/mol. The molecule has 1 saturated heterocycles. The molecule has 0 radical (unpaired) electrons.